The predicted octanol–water partition coefficient (Wildman–Crippen LogP) is 4.01. The van der Waals surface area contributed by atoms with Crippen LogP contribution in [-0.4, -0.2) is 40.8 Å². The van der Waals surface area contributed by atoms with E-state index in [1.807, 2.05) is 20.8 Å². The molecule has 0 fully saturated rings. The topological polar surface area (TPSA) is 99.5 Å². The zero-order valence-corrected chi connectivity index (χ0v) is 19.5. The minimum atomic E-state index is -0.583. The number of hydrogen-bond acceptors (Lipinski definition) is 7. The number of anilines is 1. The molecule has 0 aliphatic rings. The Morgan fingerprint density at radius 2 is 1.83 bits per heavy atom. The number of nitrogens with one attached hydrogen (secondary N) is 1. The zero-order chi connectivity index (χ0) is 21.7. The van der Waals surface area contributed by atoms with Crippen LogP contribution in [0, 0.1) is 20.8 Å². The number of ether oxygens (including phenoxy) is 2. The number of halogens is 1. The molecule has 0 bridgehead atoms. The summed E-state index contributed by atoms with van der Waals surface area (Å²) in [6.45, 7) is 9.32. The summed E-state index contributed by atoms with van der Waals surface area (Å²) in [4.78, 5) is 37.6. The smallest absolute Gasteiger partial charge is 0.348 e. The van der Waals surface area contributed by atoms with Crippen LogP contribution in [0.15, 0.2) is 4.47 Å². The van der Waals surface area contributed by atoms with Crippen molar-refractivity contribution in [3.8, 4) is 0 Å². The van der Waals surface area contributed by atoms with Gasteiger partial charge in [-0.2, -0.15) is 5.10 Å². The molecule has 0 aliphatic heterocycles. The first-order chi connectivity index (χ1) is 13.7. The summed E-state index contributed by atoms with van der Waals surface area (Å²) in [5.74, 6) is -1.49. The highest BCUT2D eigenvalue weighted by atomic mass is 79.9. The van der Waals surface area contributed by atoms with Crippen LogP contribution in [0.3, 0.4) is 0 Å². The molecule has 2 rings (SSSR count). The van der Waals surface area contributed by atoms with Gasteiger partial charge in [0, 0.05) is 0 Å². The molecule has 0 aliphatic carbocycles. The third-order valence-electron chi connectivity index (χ3n) is 4.09. The van der Waals surface area contributed by atoms with Gasteiger partial charge in [-0.15, -0.1) is 11.3 Å². The molecule has 0 radical (unpaired) electrons. The lowest BCUT2D eigenvalue weighted by Gasteiger charge is -2.08. The SMILES string of the molecule is CCCOC(=O)c1c(NC(=O)Cn2nc(C)c(Br)c2C)sc(C(=O)OCC)c1C. The van der Waals surface area contributed by atoms with Crippen molar-refractivity contribution >= 4 is 50.1 Å². The molecular weight excluding hydrogens is 462 g/mol. The van der Waals surface area contributed by atoms with Crippen LogP contribution in [0.5, 0.6) is 0 Å². The second kappa shape index (κ2) is 10.0. The van der Waals surface area contributed by atoms with Gasteiger partial charge in [0.15, 0.2) is 0 Å². The molecule has 0 atom stereocenters. The van der Waals surface area contributed by atoms with E-state index < -0.39 is 11.9 Å². The van der Waals surface area contributed by atoms with Gasteiger partial charge in [-0.1, -0.05) is 6.92 Å². The average molecular weight is 486 g/mol. The minimum Gasteiger partial charge on any atom is -0.462 e. The van der Waals surface area contributed by atoms with Crippen LogP contribution in [0.2, 0.25) is 0 Å². The fourth-order valence-electron chi connectivity index (χ4n) is 2.64. The number of aromatic nitrogens is 2. The second-order valence-electron chi connectivity index (χ2n) is 6.31. The van der Waals surface area contributed by atoms with Gasteiger partial charge in [-0.3, -0.25) is 9.48 Å². The fraction of sp³-hybridized carbons (Fsp3) is 0.474. The Balaban J connectivity index is 2.32. The van der Waals surface area contributed by atoms with Crippen molar-refractivity contribution < 1.29 is 23.9 Å². The van der Waals surface area contributed by atoms with Gasteiger partial charge < -0.3 is 14.8 Å². The molecular formula is C19H24BrN3O5S. The van der Waals surface area contributed by atoms with Crippen molar-refractivity contribution in [3.63, 3.8) is 0 Å². The molecule has 2 aromatic rings. The zero-order valence-electron chi connectivity index (χ0n) is 17.1. The number of nitrogens with zero attached hydrogens (tertiary/aromatic N) is 2. The van der Waals surface area contributed by atoms with E-state index in [0.29, 0.717) is 12.0 Å². The van der Waals surface area contributed by atoms with Gasteiger partial charge in [-0.05, 0) is 55.6 Å². The fourth-order valence-corrected chi connectivity index (χ4v) is 4.03. The van der Waals surface area contributed by atoms with Crippen LogP contribution in [0.4, 0.5) is 5.00 Å². The number of hydrogen-bond donors (Lipinski definition) is 1. The largest absolute Gasteiger partial charge is 0.462 e. The molecule has 2 aromatic heterocycles. The van der Waals surface area contributed by atoms with E-state index in [2.05, 4.69) is 26.3 Å². The van der Waals surface area contributed by atoms with Crippen molar-refractivity contribution in [2.75, 3.05) is 18.5 Å². The molecule has 2 heterocycles. The Bertz CT molecular complexity index is 935. The molecule has 10 heteroatoms. The normalized spacial score (nSPS) is 10.7. The van der Waals surface area contributed by atoms with Crippen molar-refractivity contribution in [1.82, 2.24) is 9.78 Å². The number of esters is 2. The van der Waals surface area contributed by atoms with Gasteiger partial charge in [0.1, 0.15) is 16.4 Å². The maximum Gasteiger partial charge on any atom is 0.348 e. The number of carbonyl (C=O) groups is 3. The third kappa shape index (κ3) is 5.24. The first kappa shape index (κ1) is 23.1. The summed E-state index contributed by atoms with van der Waals surface area (Å²) in [6, 6.07) is 0. The van der Waals surface area contributed by atoms with E-state index in [1.165, 1.54) is 0 Å². The van der Waals surface area contributed by atoms with Gasteiger partial charge >= 0.3 is 11.9 Å². The molecule has 0 unspecified atom stereocenters. The van der Waals surface area contributed by atoms with E-state index >= 15 is 0 Å². The van der Waals surface area contributed by atoms with Gasteiger partial charge in [0.2, 0.25) is 5.91 Å². The molecule has 0 saturated carbocycles. The lowest BCUT2D eigenvalue weighted by atomic mass is 10.1. The van der Waals surface area contributed by atoms with Gasteiger partial charge in [0.25, 0.3) is 0 Å². The van der Waals surface area contributed by atoms with Crippen LogP contribution in [0.25, 0.3) is 0 Å². The van der Waals surface area contributed by atoms with E-state index in [4.69, 9.17) is 9.47 Å². The van der Waals surface area contributed by atoms with E-state index in [0.717, 1.165) is 27.2 Å². The summed E-state index contributed by atoms with van der Waals surface area (Å²) in [6.07, 6.45) is 0.661. The summed E-state index contributed by atoms with van der Waals surface area (Å²) < 4.78 is 12.7. The van der Waals surface area contributed by atoms with Crippen LogP contribution >= 0.6 is 27.3 Å². The number of amides is 1. The predicted molar refractivity (Wildman–Crippen MR) is 114 cm³/mol. The highest BCUT2D eigenvalue weighted by Gasteiger charge is 2.27. The van der Waals surface area contributed by atoms with E-state index in [-0.39, 0.29) is 41.1 Å². The Kier molecular flexibility index (Phi) is 7.97. The maximum atomic E-state index is 12.6. The monoisotopic (exact) mass is 485 g/mol. The minimum absolute atomic E-state index is 0.0343. The second-order valence-corrected chi connectivity index (χ2v) is 8.12. The highest BCUT2D eigenvalue weighted by molar-refractivity contribution is 9.10. The van der Waals surface area contributed by atoms with Gasteiger partial charge in [-0.25, -0.2) is 9.59 Å². The number of aryl methyl sites for hydroxylation is 1. The highest BCUT2D eigenvalue weighted by Crippen LogP contribution is 2.34. The Morgan fingerprint density at radius 3 is 2.38 bits per heavy atom. The quantitative estimate of drug-likeness (QED) is 0.566. The average Bonchev–Trinajstić information content (AvgIpc) is 3.11. The lowest BCUT2D eigenvalue weighted by Crippen LogP contribution is -2.21. The van der Waals surface area contributed by atoms with Crippen LogP contribution in [0.1, 0.15) is 57.2 Å². The summed E-state index contributed by atoms with van der Waals surface area (Å²) in [5, 5.41) is 7.30. The Hall–Kier alpha value is -2.20. The van der Waals surface area contributed by atoms with E-state index in [1.54, 1.807) is 18.5 Å². The molecule has 0 spiro atoms. The first-order valence-electron chi connectivity index (χ1n) is 9.18. The molecule has 29 heavy (non-hydrogen) atoms. The molecule has 8 nitrogen and oxygen atoms in total. The summed E-state index contributed by atoms with van der Waals surface area (Å²) in [5.41, 5.74) is 2.19. The number of thiophene rings is 1. The summed E-state index contributed by atoms with van der Waals surface area (Å²) in [7, 11) is 0. The third-order valence-corrected chi connectivity index (χ3v) is 6.42. The standard InChI is InChI=1S/C19H24BrN3O5S/c1-6-8-28-18(25)14-10(3)16(19(26)27-7-2)29-17(14)21-13(24)9-23-12(5)15(20)11(4)22-23/h6-9H2,1-5H3,(H,21,24). The first-order valence-corrected chi connectivity index (χ1v) is 10.8. The molecule has 1 N–H and O–H groups in total. The number of carbonyl (C=O) groups excluding carboxylic acids is 3. The van der Waals surface area contributed by atoms with Crippen LogP contribution < -0.4 is 5.32 Å². The van der Waals surface area contributed by atoms with Crippen molar-refractivity contribution in [2.24, 2.45) is 0 Å². The Labute approximate surface area is 181 Å². The lowest BCUT2D eigenvalue weighted by molar-refractivity contribution is -0.116. The number of rotatable bonds is 8. The molecule has 0 aromatic carbocycles. The van der Waals surface area contributed by atoms with Crippen LogP contribution in [-0.2, 0) is 20.8 Å². The molecule has 1 amide bonds. The van der Waals surface area contributed by atoms with Gasteiger partial charge in [0.05, 0.1) is 34.6 Å². The molecule has 0 saturated heterocycles. The van der Waals surface area contributed by atoms with E-state index in [9.17, 15) is 14.4 Å². The molecule has 158 valence electrons. The Morgan fingerprint density at radius 1 is 1.14 bits per heavy atom. The van der Waals surface area contributed by atoms with Crippen molar-refractivity contribution in [1.29, 1.82) is 0 Å². The van der Waals surface area contributed by atoms with Crippen molar-refractivity contribution in [2.45, 2.75) is 47.6 Å². The summed E-state index contributed by atoms with van der Waals surface area (Å²) >= 11 is 4.43. The maximum absolute atomic E-state index is 12.6. The van der Waals surface area contributed by atoms with Crippen molar-refractivity contribution in [3.05, 3.63) is 31.9 Å².